The number of carboxylic acid groups (broad SMARTS) is 1. The molecule has 2 rings (SSSR count). The van der Waals surface area contributed by atoms with E-state index in [-0.39, 0.29) is 6.42 Å². The van der Waals surface area contributed by atoms with Gasteiger partial charge in [0.25, 0.3) is 0 Å². The Balaban J connectivity index is 1.84. The molecule has 0 saturated carbocycles. The highest BCUT2D eigenvalue weighted by molar-refractivity contribution is 7.14. The highest BCUT2D eigenvalue weighted by Crippen LogP contribution is 2.25. The van der Waals surface area contributed by atoms with E-state index >= 15 is 0 Å². The third-order valence-corrected chi connectivity index (χ3v) is 4.31. The van der Waals surface area contributed by atoms with Gasteiger partial charge in [0.05, 0.1) is 5.69 Å². The van der Waals surface area contributed by atoms with Gasteiger partial charge in [0.1, 0.15) is 5.01 Å². The molecular formula is C13H16N2O2S2. The summed E-state index contributed by atoms with van der Waals surface area (Å²) in [6.07, 6.45) is 0.898. The molecule has 6 heteroatoms. The van der Waals surface area contributed by atoms with Crippen LogP contribution in [0.15, 0.2) is 22.2 Å². The average molecular weight is 296 g/mol. The highest BCUT2D eigenvalue weighted by Gasteiger charge is 2.08. The SMILES string of the molecule is CN(CCCC(=O)O)Cc1csc(-c2ccsc2)n1. The highest BCUT2D eigenvalue weighted by atomic mass is 32.1. The van der Waals surface area contributed by atoms with Gasteiger partial charge in [-0.1, -0.05) is 0 Å². The van der Waals surface area contributed by atoms with Gasteiger partial charge < -0.3 is 10.0 Å². The normalized spacial score (nSPS) is 11.1. The van der Waals surface area contributed by atoms with E-state index in [0.29, 0.717) is 6.42 Å². The number of rotatable bonds is 7. The number of carboxylic acids is 1. The minimum absolute atomic E-state index is 0.224. The van der Waals surface area contributed by atoms with Crippen molar-refractivity contribution in [2.75, 3.05) is 13.6 Å². The van der Waals surface area contributed by atoms with Crippen molar-refractivity contribution in [1.29, 1.82) is 0 Å². The minimum Gasteiger partial charge on any atom is -0.481 e. The lowest BCUT2D eigenvalue weighted by atomic mass is 10.3. The fourth-order valence-electron chi connectivity index (χ4n) is 1.75. The van der Waals surface area contributed by atoms with Crippen molar-refractivity contribution in [3.63, 3.8) is 0 Å². The van der Waals surface area contributed by atoms with Crippen molar-refractivity contribution in [2.45, 2.75) is 19.4 Å². The Morgan fingerprint density at radius 2 is 2.32 bits per heavy atom. The Morgan fingerprint density at radius 3 is 3.00 bits per heavy atom. The second-order valence-electron chi connectivity index (χ2n) is 4.39. The molecule has 102 valence electrons. The molecule has 0 aliphatic carbocycles. The van der Waals surface area contributed by atoms with E-state index in [4.69, 9.17) is 5.11 Å². The van der Waals surface area contributed by atoms with Crippen molar-refractivity contribution < 1.29 is 9.90 Å². The molecule has 19 heavy (non-hydrogen) atoms. The van der Waals surface area contributed by atoms with Crippen LogP contribution in [0.2, 0.25) is 0 Å². The van der Waals surface area contributed by atoms with E-state index < -0.39 is 5.97 Å². The lowest BCUT2D eigenvalue weighted by Gasteiger charge is -2.14. The molecule has 0 bridgehead atoms. The van der Waals surface area contributed by atoms with Crippen molar-refractivity contribution in [2.24, 2.45) is 0 Å². The van der Waals surface area contributed by atoms with E-state index in [1.54, 1.807) is 22.7 Å². The molecule has 2 aromatic rings. The first-order valence-corrected chi connectivity index (χ1v) is 7.84. The van der Waals surface area contributed by atoms with Crippen molar-refractivity contribution >= 4 is 28.6 Å². The number of carbonyl (C=O) groups is 1. The smallest absolute Gasteiger partial charge is 0.303 e. The molecule has 1 N–H and O–H groups in total. The maximum atomic E-state index is 10.4. The molecule has 2 aromatic heterocycles. The molecule has 0 unspecified atom stereocenters. The summed E-state index contributed by atoms with van der Waals surface area (Å²) in [5.74, 6) is -0.734. The second-order valence-corrected chi connectivity index (χ2v) is 6.03. The molecule has 0 aromatic carbocycles. The summed E-state index contributed by atoms with van der Waals surface area (Å²) in [5, 5.41) is 15.9. The molecule has 0 fully saturated rings. The quantitative estimate of drug-likeness (QED) is 0.852. The van der Waals surface area contributed by atoms with Gasteiger partial charge in [-0.05, 0) is 31.5 Å². The topological polar surface area (TPSA) is 53.4 Å². The van der Waals surface area contributed by atoms with Gasteiger partial charge in [0, 0.05) is 29.3 Å². The summed E-state index contributed by atoms with van der Waals surface area (Å²) >= 11 is 3.32. The summed E-state index contributed by atoms with van der Waals surface area (Å²) in [7, 11) is 1.99. The molecule has 0 spiro atoms. The van der Waals surface area contributed by atoms with Crippen LogP contribution < -0.4 is 0 Å². The maximum absolute atomic E-state index is 10.4. The predicted molar refractivity (Wildman–Crippen MR) is 78.6 cm³/mol. The Hall–Kier alpha value is -1.24. The largest absolute Gasteiger partial charge is 0.481 e. The van der Waals surface area contributed by atoms with Crippen LogP contribution in [0.1, 0.15) is 18.5 Å². The van der Waals surface area contributed by atoms with Crippen molar-refractivity contribution in [1.82, 2.24) is 9.88 Å². The summed E-state index contributed by atoms with van der Waals surface area (Å²) in [6, 6.07) is 2.07. The zero-order valence-electron chi connectivity index (χ0n) is 10.7. The van der Waals surface area contributed by atoms with Crippen LogP contribution in [0.3, 0.4) is 0 Å². The lowest BCUT2D eigenvalue weighted by molar-refractivity contribution is -0.137. The van der Waals surface area contributed by atoms with Crippen molar-refractivity contribution in [3.05, 3.63) is 27.9 Å². The van der Waals surface area contributed by atoms with Gasteiger partial charge in [-0.3, -0.25) is 4.79 Å². The Labute approximate surface area is 120 Å². The third kappa shape index (κ3) is 4.41. The maximum Gasteiger partial charge on any atom is 0.303 e. The number of thiophene rings is 1. The van der Waals surface area contributed by atoms with Crippen LogP contribution in [0.25, 0.3) is 10.6 Å². The number of thiazole rings is 1. The number of hydrogen-bond donors (Lipinski definition) is 1. The molecule has 2 heterocycles. The average Bonchev–Trinajstić information content (AvgIpc) is 2.97. The summed E-state index contributed by atoms with van der Waals surface area (Å²) in [6.45, 7) is 1.54. The Bertz CT molecular complexity index is 522. The molecule has 0 radical (unpaired) electrons. The fourth-order valence-corrected chi connectivity index (χ4v) is 3.28. The van der Waals surface area contributed by atoms with Gasteiger partial charge >= 0.3 is 5.97 Å². The van der Waals surface area contributed by atoms with E-state index in [0.717, 1.165) is 23.8 Å². The predicted octanol–water partition coefficient (Wildman–Crippen LogP) is 3.17. The zero-order valence-corrected chi connectivity index (χ0v) is 12.3. The molecule has 0 atom stereocenters. The van der Waals surface area contributed by atoms with Crippen LogP contribution in [0.5, 0.6) is 0 Å². The van der Waals surface area contributed by atoms with Crippen LogP contribution in [-0.4, -0.2) is 34.6 Å². The van der Waals surface area contributed by atoms with Gasteiger partial charge in [-0.25, -0.2) is 4.98 Å². The summed E-state index contributed by atoms with van der Waals surface area (Å²) < 4.78 is 0. The molecule has 0 aliphatic heterocycles. The van der Waals surface area contributed by atoms with Gasteiger partial charge in [-0.15, -0.1) is 11.3 Å². The molecule has 0 saturated heterocycles. The van der Waals surface area contributed by atoms with Crippen LogP contribution in [-0.2, 0) is 11.3 Å². The molecule has 0 amide bonds. The summed E-state index contributed by atoms with van der Waals surface area (Å²) in [4.78, 5) is 17.2. The first-order valence-electron chi connectivity index (χ1n) is 6.02. The van der Waals surface area contributed by atoms with Crippen molar-refractivity contribution in [3.8, 4) is 10.6 Å². The van der Waals surface area contributed by atoms with E-state index in [1.807, 2.05) is 7.05 Å². The number of nitrogens with zero attached hydrogens (tertiary/aromatic N) is 2. The monoisotopic (exact) mass is 296 g/mol. The Kier molecular flexibility index (Phi) is 5.07. The first-order chi connectivity index (χ1) is 9.15. The fraction of sp³-hybridized carbons (Fsp3) is 0.385. The minimum atomic E-state index is -0.734. The third-order valence-electron chi connectivity index (χ3n) is 2.68. The van der Waals surface area contributed by atoms with Crippen LogP contribution in [0, 0.1) is 0 Å². The Morgan fingerprint density at radius 1 is 1.47 bits per heavy atom. The second kappa shape index (κ2) is 6.79. The number of hydrogen-bond acceptors (Lipinski definition) is 5. The van der Waals surface area contributed by atoms with Gasteiger partial charge in [-0.2, -0.15) is 11.3 Å². The first kappa shape index (κ1) is 14.2. The zero-order chi connectivity index (χ0) is 13.7. The molecule has 0 aliphatic rings. The summed E-state index contributed by atoms with van der Waals surface area (Å²) in [5.41, 5.74) is 2.22. The number of aliphatic carboxylic acids is 1. The van der Waals surface area contributed by atoms with E-state index in [2.05, 4.69) is 32.1 Å². The van der Waals surface area contributed by atoms with E-state index in [1.165, 1.54) is 5.56 Å². The van der Waals surface area contributed by atoms with Gasteiger partial charge in [0.15, 0.2) is 0 Å². The molecule has 4 nitrogen and oxygen atoms in total. The van der Waals surface area contributed by atoms with Crippen LogP contribution >= 0.6 is 22.7 Å². The van der Waals surface area contributed by atoms with E-state index in [9.17, 15) is 4.79 Å². The molecular weight excluding hydrogens is 280 g/mol. The standard InChI is InChI=1S/C13H16N2O2S2/c1-15(5-2-3-12(16)17)7-11-9-19-13(14-11)10-4-6-18-8-10/h4,6,8-9H,2-3,5,7H2,1H3,(H,16,17). The lowest BCUT2D eigenvalue weighted by Crippen LogP contribution is -2.20. The number of aromatic nitrogens is 1. The van der Waals surface area contributed by atoms with Crippen LogP contribution in [0.4, 0.5) is 0 Å². The van der Waals surface area contributed by atoms with Gasteiger partial charge in [0.2, 0.25) is 0 Å².